The van der Waals surface area contributed by atoms with Gasteiger partial charge in [-0.3, -0.25) is 0 Å². The molecular formula is C23H19F3N6. The minimum absolute atomic E-state index is 0.108. The molecule has 5 rings (SSSR count). The van der Waals surface area contributed by atoms with Gasteiger partial charge in [0.05, 0.1) is 16.8 Å². The lowest BCUT2D eigenvalue weighted by Gasteiger charge is -2.12. The first-order chi connectivity index (χ1) is 15.3. The number of fused-ring (bicyclic) bond motifs is 3. The van der Waals surface area contributed by atoms with Crippen LogP contribution < -0.4 is 0 Å². The van der Waals surface area contributed by atoms with Gasteiger partial charge in [0, 0.05) is 30.1 Å². The Hall–Kier alpha value is -3.75. The molecule has 0 N–H and O–H groups in total. The van der Waals surface area contributed by atoms with E-state index >= 15 is 0 Å². The average Bonchev–Trinajstić information content (AvgIpc) is 3.22. The third kappa shape index (κ3) is 3.12. The minimum atomic E-state index is -4.42. The van der Waals surface area contributed by atoms with Crippen LogP contribution >= 0.6 is 0 Å². The lowest BCUT2D eigenvalue weighted by atomic mass is 9.98. The molecule has 0 aliphatic rings. The summed E-state index contributed by atoms with van der Waals surface area (Å²) < 4.78 is 43.8. The molecular weight excluding hydrogens is 417 g/mol. The van der Waals surface area contributed by atoms with E-state index in [4.69, 9.17) is 0 Å². The van der Waals surface area contributed by atoms with Crippen LogP contribution in [-0.2, 0) is 19.6 Å². The van der Waals surface area contributed by atoms with E-state index in [2.05, 4.69) is 20.3 Å². The van der Waals surface area contributed by atoms with Crippen LogP contribution in [0.2, 0.25) is 0 Å². The molecule has 0 spiro atoms. The number of rotatable bonds is 3. The monoisotopic (exact) mass is 436 g/mol. The second-order valence-corrected chi connectivity index (χ2v) is 7.75. The highest BCUT2D eigenvalue weighted by Crippen LogP contribution is 2.34. The standard InChI is InChI=1S/C23H19F3N6/c1-13-17(12-15-8-4-6-10-18(15)23(24,25)26)14(2)32(30-13)22-27-21-20(28-29-22)16-9-5-7-11-19(16)31(21)3/h4-11H,12H2,1-3H3. The molecule has 0 aliphatic carbocycles. The van der Waals surface area contributed by atoms with Gasteiger partial charge in [-0.05, 0) is 31.5 Å². The maximum Gasteiger partial charge on any atom is 0.416 e. The number of para-hydroxylation sites is 1. The van der Waals surface area contributed by atoms with E-state index in [1.807, 2.05) is 35.9 Å². The summed E-state index contributed by atoms with van der Waals surface area (Å²) in [6.07, 6.45) is -4.31. The zero-order valence-electron chi connectivity index (χ0n) is 17.6. The van der Waals surface area contributed by atoms with Crippen LogP contribution in [-0.4, -0.2) is 29.5 Å². The number of alkyl halides is 3. The first-order valence-electron chi connectivity index (χ1n) is 10.0. The molecule has 0 saturated heterocycles. The molecule has 3 heterocycles. The molecule has 0 radical (unpaired) electrons. The van der Waals surface area contributed by atoms with Gasteiger partial charge in [-0.25, -0.2) is 4.68 Å². The van der Waals surface area contributed by atoms with Crippen molar-refractivity contribution in [2.75, 3.05) is 0 Å². The van der Waals surface area contributed by atoms with Crippen molar-refractivity contribution < 1.29 is 13.2 Å². The smallest absolute Gasteiger partial charge is 0.327 e. The molecule has 9 heteroatoms. The first kappa shape index (κ1) is 20.2. The molecule has 32 heavy (non-hydrogen) atoms. The van der Waals surface area contributed by atoms with Gasteiger partial charge in [-0.2, -0.15) is 23.3 Å². The summed E-state index contributed by atoms with van der Waals surface area (Å²) in [5, 5.41) is 14.1. The van der Waals surface area contributed by atoms with Crippen LogP contribution in [0.15, 0.2) is 48.5 Å². The summed E-state index contributed by atoms with van der Waals surface area (Å²) >= 11 is 0. The second-order valence-electron chi connectivity index (χ2n) is 7.75. The maximum absolute atomic E-state index is 13.4. The zero-order valence-corrected chi connectivity index (χ0v) is 17.6. The number of nitrogens with zero attached hydrogens (tertiary/aromatic N) is 6. The zero-order chi connectivity index (χ0) is 22.6. The average molecular weight is 436 g/mol. The number of hydrogen-bond acceptors (Lipinski definition) is 4. The predicted molar refractivity (Wildman–Crippen MR) is 115 cm³/mol. The van der Waals surface area contributed by atoms with Crippen LogP contribution in [0.4, 0.5) is 13.2 Å². The second kappa shape index (κ2) is 7.15. The number of halogens is 3. The Kier molecular flexibility index (Phi) is 4.51. The van der Waals surface area contributed by atoms with Crippen LogP contribution in [0.5, 0.6) is 0 Å². The van der Waals surface area contributed by atoms with Gasteiger partial charge in [0.2, 0.25) is 0 Å². The largest absolute Gasteiger partial charge is 0.416 e. The Morgan fingerprint density at radius 1 is 0.938 bits per heavy atom. The van der Waals surface area contributed by atoms with Crippen molar-refractivity contribution in [2.24, 2.45) is 7.05 Å². The number of hydrogen-bond donors (Lipinski definition) is 0. The van der Waals surface area contributed by atoms with E-state index in [1.54, 1.807) is 24.6 Å². The summed E-state index contributed by atoms with van der Waals surface area (Å²) in [6.45, 7) is 3.58. The highest BCUT2D eigenvalue weighted by Gasteiger charge is 2.33. The molecule has 2 aromatic carbocycles. The molecule has 162 valence electrons. The Morgan fingerprint density at radius 3 is 2.44 bits per heavy atom. The normalized spacial score (nSPS) is 12.2. The Labute approximate surface area is 181 Å². The fourth-order valence-electron chi connectivity index (χ4n) is 4.15. The third-order valence-corrected chi connectivity index (χ3v) is 5.82. The van der Waals surface area contributed by atoms with Crippen molar-refractivity contribution in [2.45, 2.75) is 26.4 Å². The molecule has 3 aromatic heterocycles. The molecule has 0 atom stereocenters. The SMILES string of the molecule is Cc1nn(-c2nnc3c4ccccc4n(C)c3n2)c(C)c1Cc1ccccc1C(F)(F)F. The fourth-order valence-corrected chi connectivity index (χ4v) is 4.15. The lowest BCUT2D eigenvalue weighted by molar-refractivity contribution is -0.138. The van der Waals surface area contributed by atoms with Gasteiger partial charge in [0.15, 0.2) is 5.65 Å². The van der Waals surface area contributed by atoms with Crippen molar-refractivity contribution in [1.82, 2.24) is 29.5 Å². The number of aryl methyl sites for hydroxylation is 2. The molecule has 6 nitrogen and oxygen atoms in total. The summed E-state index contributed by atoms with van der Waals surface area (Å²) in [6, 6.07) is 13.4. The minimum Gasteiger partial charge on any atom is -0.327 e. The Morgan fingerprint density at radius 2 is 1.66 bits per heavy atom. The summed E-state index contributed by atoms with van der Waals surface area (Å²) in [5.41, 5.74) is 3.91. The van der Waals surface area contributed by atoms with Gasteiger partial charge >= 0.3 is 6.18 Å². The summed E-state index contributed by atoms with van der Waals surface area (Å²) in [7, 11) is 1.91. The fraction of sp³-hybridized carbons (Fsp3) is 0.217. The van der Waals surface area contributed by atoms with E-state index < -0.39 is 11.7 Å². The van der Waals surface area contributed by atoms with Crippen LogP contribution in [0.3, 0.4) is 0 Å². The molecule has 0 aliphatic heterocycles. The van der Waals surface area contributed by atoms with Crippen LogP contribution in [0, 0.1) is 13.8 Å². The van der Waals surface area contributed by atoms with Gasteiger partial charge in [-0.15, -0.1) is 10.2 Å². The van der Waals surface area contributed by atoms with Crippen molar-refractivity contribution in [3.63, 3.8) is 0 Å². The van der Waals surface area contributed by atoms with Crippen molar-refractivity contribution in [1.29, 1.82) is 0 Å². The van der Waals surface area contributed by atoms with Crippen molar-refractivity contribution in [3.8, 4) is 5.95 Å². The van der Waals surface area contributed by atoms with Crippen molar-refractivity contribution >= 4 is 22.1 Å². The van der Waals surface area contributed by atoms with Crippen LogP contribution in [0.1, 0.15) is 28.1 Å². The number of aromatic nitrogens is 6. The molecule has 0 amide bonds. The van der Waals surface area contributed by atoms with E-state index in [0.29, 0.717) is 28.1 Å². The molecule has 0 saturated carbocycles. The molecule has 0 bridgehead atoms. The topological polar surface area (TPSA) is 61.4 Å². The molecule has 5 aromatic rings. The lowest BCUT2D eigenvalue weighted by Crippen LogP contribution is -2.10. The molecule has 0 unspecified atom stereocenters. The third-order valence-electron chi connectivity index (χ3n) is 5.82. The maximum atomic E-state index is 13.4. The highest BCUT2D eigenvalue weighted by atomic mass is 19.4. The number of benzene rings is 2. The Bertz CT molecular complexity index is 1480. The quantitative estimate of drug-likeness (QED) is 0.402. The van der Waals surface area contributed by atoms with Crippen LogP contribution in [0.25, 0.3) is 28.0 Å². The first-order valence-corrected chi connectivity index (χ1v) is 10.0. The van der Waals surface area contributed by atoms with Gasteiger partial charge < -0.3 is 4.57 Å². The van der Waals surface area contributed by atoms with E-state index in [0.717, 1.165) is 17.0 Å². The predicted octanol–water partition coefficient (Wildman–Crippen LogP) is 4.93. The van der Waals surface area contributed by atoms with E-state index in [-0.39, 0.29) is 17.9 Å². The molecule has 0 fully saturated rings. The van der Waals surface area contributed by atoms with Crippen molar-refractivity contribution in [3.05, 3.63) is 76.6 Å². The summed E-state index contributed by atoms with van der Waals surface area (Å²) in [4.78, 5) is 4.67. The van der Waals surface area contributed by atoms with Gasteiger partial charge in [-0.1, -0.05) is 36.4 Å². The van der Waals surface area contributed by atoms with E-state index in [1.165, 1.54) is 12.1 Å². The Balaban J connectivity index is 1.60. The van der Waals surface area contributed by atoms with Gasteiger partial charge in [0.1, 0.15) is 5.52 Å². The highest BCUT2D eigenvalue weighted by molar-refractivity contribution is 6.03. The van der Waals surface area contributed by atoms with Gasteiger partial charge in [0.25, 0.3) is 5.95 Å². The van der Waals surface area contributed by atoms with E-state index in [9.17, 15) is 13.2 Å². The summed E-state index contributed by atoms with van der Waals surface area (Å²) in [5.74, 6) is 0.277.